The molecule has 0 spiro atoms. The minimum Gasteiger partial charge on any atom is -0.479 e. The summed E-state index contributed by atoms with van der Waals surface area (Å²) in [4.78, 5) is 21.3. The Bertz CT molecular complexity index is 766. The van der Waals surface area contributed by atoms with E-state index in [4.69, 9.17) is 10.2 Å². The summed E-state index contributed by atoms with van der Waals surface area (Å²) in [6.07, 6.45) is -49.6. The van der Waals surface area contributed by atoms with Crippen molar-refractivity contribution >= 4 is 11.9 Å². The molecule has 20 N–H and O–H groups in total. The number of carbonyl (C=O) groups is 2. The molecule has 0 aromatic rings. The average Bonchev–Trinajstić information content (AvgIpc) is 2.97. The largest absolute Gasteiger partial charge is 0.479 e. The van der Waals surface area contributed by atoms with Crippen LogP contribution in [0, 0.1) is 0 Å². The maximum absolute atomic E-state index is 10.7. The molecule has 250 valence electrons. The molecule has 0 fully saturated rings. The lowest BCUT2D eigenvalue weighted by Gasteiger charge is -2.37. The topological polar surface area (TPSA) is 439 Å². The van der Waals surface area contributed by atoms with Crippen molar-refractivity contribution in [3.05, 3.63) is 0 Å². The molecule has 0 saturated heterocycles. The first-order valence-corrected chi connectivity index (χ1v) is 11.7. The highest BCUT2D eigenvalue weighted by molar-refractivity contribution is 5.73. The summed E-state index contributed by atoms with van der Waals surface area (Å²) >= 11 is 0. The van der Waals surface area contributed by atoms with Crippen LogP contribution in [0.25, 0.3) is 0 Å². The van der Waals surface area contributed by atoms with Gasteiger partial charge in [0.15, 0.2) is 12.2 Å². The molecule has 0 aromatic heterocycles. The zero-order chi connectivity index (χ0) is 33.5. The van der Waals surface area contributed by atoms with E-state index < -0.39 is 122 Å². The van der Waals surface area contributed by atoms with E-state index >= 15 is 0 Å². The molecule has 0 aliphatic rings. The molecule has 0 aliphatic carbocycles. The fourth-order valence-corrected chi connectivity index (χ4v) is 3.49. The Hall–Kier alpha value is -1.78. The fraction of sp³-hybridized carbons (Fsp3) is 0.900. The van der Waals surface area contributed by atoms with E-state index in [2.05, 4.69) is 0 Å². The third kappa shape index (κ3) is 9.61. The molecule has 0 aliphatic heterocycles. The van der Waals surface area contributed by atoms with Gasteiger partial charge in [-0.1, -0.05) is 0 Å². The van der Waals surface area contributed by atoms with Crippen LogP contribution in [0.3, 0.4) is 0 Å². The Labute approximate surface area is 234 Å². The molecule has 18 unspecified atom stereocenters. The fourth-order valence-electron chi connectivity index (χ4n) is 3.49. The molecule has 0 radical (unpaired) electrons. The van der Waals surface area contributed by atoms with Crippen LogP contribution >= 0.6 is 0 Å². The number of rotatable bonds is 19. The Morgan fingerprint density at radius 1 is 0.238 bits per heavy atom. The zero-order valence-electron chi connectivity index (χ0n) is 21.2. The predicted octanol–water partition coefficient (Wildman–Crippen LogP) is -12.3. The van der Waals surface area contributed by atoms with E-state index in [0.717, 1.165) is 0 Å². The van der Waals surface area contributed by atoms with Crippen molar-refractivity contribution in [3.63, 3.8) is 0 Å². The summed E-state index contributed by atoms with van der Waals surface area (Å²) in [6, 6.07) is 0. The number of aliphatic hydroxyl groups excluding tert-OH is 18. The summed E-state index contributed by atoms with van der Waals surface area (Å²) in [7, 11) is 0. The lowest BCUT2D eigenvalue weighted by atomic mass is 9.87. The second-order valence-electron chi connectivity index (χ2n) is 9.42. The molecule has 18 atom stereocenters. The number of aliphatic hydroxyl groups is 18. The first kappa shape index (κ1) is 40.2. The molecule has 42 heavy (non-hydrogen) atoms. The molecule has 22 nitrogen and oxygen atoms in total. The average molecular weight is 631 g/mol. The van der Waals surface area contributed by atoms with Gasteiger partial charge in [-0.15, -0.1) is 0 Å². The number of carboxylic acids is 2. The minimum absolute atomic E-state index is 2.07. The molecule has 0 saturated carbocycles. The summed E-state index contributed by atoms with van der Waals surface area (Å²) < 4.78 is 0. The van der Waals surface area contributed by atoms with Gasteiger partial charge in [-0.2, -0.15) is 0 Å². The third-order valence-corrected chi connectivity index (χ3v) is 6.40. The Kier molecular flexibility index (Phi) is 16.2. The van der Waals surface area contributed by atoms with Gasteiger partial charge in [0.05, 0.1) is 0 Å². The van der Waals surface area contributed by atoms with Crippen LogP contribution in [-0.2, 0) is 9.59 Å². The van der Waals surface area contributed by atoms with Crippen molar-refractivity contribution in [2.24, 2.45) is 0 Å². The second kappa shape index (κ2) is 16.9. The number of carboxylic acid groups (broad SMARTS) is 2. The van der Waals surface area contributed by atoms with Crippen LogP contribution in [0.1, 0.15) is 0 Å². The van der Waals surface area contributed by atoms with Crippen molar-refractivity contribution in [2.75, 3.05) is 0 Å². The maximum Gasteiger partial charge on any atom is 0.335 e. The summed E-state index contributed by atoms with van der Waals surface area (Å²) in [5, 5.41) is 194. The maximum atomic E-state index is 10.7. The van der Waals surface area contributed by atoms with Gasteiger partial charge in [-0.05, 0) is 0 Å². The van der Waals surface area contributed by atoms with Crippen molar-refractivity contribution in [2.45, 2.75) is 110 Å². The number of hydrogen-bond donors (Lipinski definition) is 20. The van der Waals surface area contributed by atoms with Gasteiger partial charge in [-0.25, -0.2) is 9.59 Å². The minimum atomic E-state index is -2.83. The van der Waals surface area contributed by atoms with Crippen LogP contribution in [0.2, 0.25) is 0 Å². The normalized spacial score (nSPS) is 25.5. The molecule has 22 heteroatoms. The summed E-state index contributed by atoms with van der Waals surface area (Å²) in [5.74, 6) is -4.15. The van der Waals surface area contributed by atoms with Crippen LogP contribution < -0.4 is 0 Å². The summed E-state index contributed by atoms with van der Waals surface area (Å²) in [5.41, 5.74) is 0. The molecule has 0 rings (SSSR count). The van der Waals surface area contributed by atoms with Crippen molar-refractivity contribution < 1.29 is 112 Å². The Balaban J connectivity index is 5.47. The third-order valence-electron chi connectivity index (χ3n) is 6.40. The molecular formula is C20H38O22. The Morgan fingerprint density at radius 3 is 0.429 bits per heavy atom. The van der Waals surface area contributed by atoms with Crippen molar-refractivity contribution in [1.29, 1.82) is 0 Å². The van der Waals surface area contributed by atoms with Crippen LogP contribution in [-0.4, -0.2) is 224 Å². The number of aliphatic carboxylic acids is 2. The standard InChI is InChI=1S/C20H38O22/c21-1(3(23)5(25)7(27)9(29)11(31)13(33)15(35)17(37)19(39)40)2(22)4(24)6(26)8(28)10(30)12(32)14(34)16(36)18(38)20(41)42/h1-18,21-38H,(H,39,40)(H,41,42). The van der Waals surface area contributed by atoms with E-state index in [1.165, 1.54) is 0 Å². The lowest BCUT2D eigenvalue weighted by Crippen LogP contribution is -2.61. The molecule has 0 amide bonds. The first-order valence-electron chi connectivity index (χ1n) is 11.7. The van der Waals surface area contributed by atoms with Gasteiger partial charge in [0.25, 0.3) is 0 Å². The highest BCUT2D eigenvalue weighted by Crippen LogP contribution is 2.21. The molecular weight excluding hydrogens is 592 g/mol. The van der Waals surface area contributed by atoms with Crippen molar-refractivity contribution in [1.82, 2.24) is 0 Å². The van der Waals surface area contributed by atoms with Gasteiger partial charge in [-0.3, -0.25) is 0 Å². The van der Waals surface area contributed by atoms with Gasteiger partial charge in [0, 0.05) is 0 Å². The van der Waals surface area contributed by atoms with Gasteiger partial charge < -0.3 is 102 Å². The highest BCUT2D eigenvalue weighted by atomic mass is 16.5. The van der Waals surface area contributed by atoms with E-state index in [1.54, 1.807) is 0 Å². The predicted molar refractivity (Wildman–Crippen MR) is 123 cm³/mol. The SMILES string of the molecule is O=C(O)C(O)C(O)C(O)C(O)C(O)C(O)C(O)C(O)C(O)C(O)C(O)C(O)C(O)C(O)C(O)C(O)C(O)C(O)C(=O)O. The Morgan fingerprint density at radius 2 is 0.333 bits per heavy atom. The van der Waals surface area contributed by atoms with Crippen LogP contribution in [0.5, 0.6) is 0 Å². The first-order chi connectivity index (χ1) is 19.0. The van der Waals surface area contributed by atoms with E-state index in [1.807, 2.05) is 0 Å². The van der Waals surface area contributed by atoms with Gasteiger partial charge >= 0.3 is 11.9 Å². The van der Waals surface area contributed by atoms with Crippen LogP contribution in [0.15, 0.2) is 0 Å². The van der Waals surface area contributed by atoms with E-state index in [9.17, 15) is 102 Å². The molecule has 0 heterocycles. The lowest BCUT2D eigenvalue weighted by molar-refractivity contribution is -0.211. The second-order valence-corrected chi connectivity index (χ2v) is 9.42. The highest BCUT2D eigenvalue weighted by Gasteiger charge is 2.47. The monoisotopic (exact) mass is 630 g/mol. The molecule has 0 aromatic carbocycles. The zero-order valence-corrected chi connectivity index (χ0v) is 21.2. The van der Waals surface area contributed by atoms with Gasteiger partial charge in [0.1, 0.15) is 97.7 Å². The summed E-state index contributed by atoms with van der Waals surface area (Å²) in [6.45, 7) is 0. The molecule has 0 bridgehead atoms. The quantitative estimate of drug-likeness (QED) is 0.0629. The van der Waals surface area contributed by atoms with E-state index in [-0.39, 0.29) is 0 Å². The van der Waals surface area contributed by atoms with Crippen molar-refractivity contribution in [3.8, 4) is 0 Å². The van der Waals surface area contributed by atoms with Crippen LogP contribution in [0.4, 0.5) is 0 Å². The van der Waals surface area contributed by atoms with Gasteiger partial charge in [0.2, 0.25) is 0 Å². The van der Waals surface area contributed by atoms with E-state index in [0.29, 0.717) is 0 Å². The number of hydrogen-bond acceptors (Lipinski definition) is 20. The smallest absolute Gasteiger partial charge is 0.335 e.